The molecule has 4 atom stereocenters. The summed E-state index contributed by atoms with van der Waals surface area (Å²) in [5.41, 5.74) is 3.70. The third-order valence-electron chi connectivity index (χ3n) is 8.67. The van der Waals surface area contributed by atoms with Gasteiger partial charge in [-0.15, -0.1) is 0 Å². The third-order valence-corrected chi connectivity index (χ3v) is 8.67. The lowest BCUT2D eigenvalue weighted by Gasteiger charge is -2.45. The minimum atomic E-state index is -0.996. The summed E-state index contributed by atoms with van der Waals surface area (Å²) in [5, 5.41) is 5.05. The number of carbonyl (C=O) groups excluding carboxylic acids is 2. The number of nitrogens with one attached hydrogen (secondary N) is 1. The van der Waals surface area contributed by atoms with Crippen LogP contribution in [-0.4, -0.2) is 55.9 Å². The fourth-order valence-corrected chi connectivity index (χ4v) is 6.51. The van der Waals surface area contributed by atoms with Crippen molar-refractivity contribution in [3.05, 3.63) is 102 Å². The highest BCUT2D eigenvalue weighted by molar-refractivity contribution is 6.12. The van der Waals surface area contributed by atoms with E-state index in [1.165, 1.54) is 12.7 Å². The minimum absolute atomic E-state index is 0.250. The van der Waals surface area contributed by atoms with E-state index in [0.29, 0.717) is 29.0 Å². The van der Waals surface area contributed by atoms with E-state index in [4.69, 9.17) is 28.1 Å². The van der Waals surface area contributed by atoms with Crippen molar-refractivity contribution >= 4 is 34.0 Å². The summed E-state index contributed by atoms with van der Waals surface area (Å²) >= 11 is 0. The molecule has 0 unspecified atom stereocenters. The van der Waals surface area contributed by atoms with Gasteiger partial charge in [0.15, 0.2) is 6.10 Å². The van der Waals surface area contributed by atoms with E-state index in [2.05, 4.69) is 17.4 Å². The Morgan fingerprint density at radius 3 is 2.46 bits per heavy atom. The van der Waals surface area contributed by atoms with Crippen molar-refractivity contribution in [1.82, 2.24) is 5.32 Å². The molecule has 236 valence electrons. The molecule has 5 aromatic rings. The summed E-state index contributed by atoms with van der Waals surface area (Å²) in [6.45, 7) is 4.17. The van der Waals surface area contributed by atoms with Crippen LogP contribution in [0.2, 0.25) is 0 Å². The highest BCUT2D eigenvalue weighted by Gasteiger charge is 2.58. The Bertz CT molecular complexity index is 1900. The maximum Gasteiger partial charge on any atom is 0.509 e. The second-order valence-electron chi connectivity index (χ2n) is 12.1. The van der Waals surface area contributed by atoms with Gasteiger partial charge in [-0.25, -0.2) is 4.79 Å². The molecular weight excluding hydrogens is 586 g/mol. The normalized spacial score (nSPS) is 21.8. The standard InChI is InChI=1S/C37H35NO8/c1-37(2)33(41-3)31-32(45-36(40)44-31)35(46-37)42-23-18-19-24(26-15-9-16-27-25-14-7-8-17-29(25)43-30(26)27)28(21-23)34(39)38-20-10-13-22-11-5-4-6-12-22/h4-9,11-12,14-19,21,31-33,35H,10,13,20H2,1-3H3,(H,38,39)/t31-,32+,33+,35+/m0/s1. The topological polar surface area (TPSA) is 105 Å². The quantitative estimate of drug-likeness (QED) is 0.138. The fourth-order valence-electron chi connectivity index (χ4n) is 6.51. The SMILES string of the molecule is CO[C@@H]1[C@H]2OC(=O)O[C@H]2[C@H](Oc2ccc(-c3cccc4c3oc3ccccc34)c(C(=O)NCCCc3ccccc3)c2)OC1(C)C. The van der Waals surface area contributed by atoms with E-state index in [-0.39, 0.29) is 5.91 Å². The maximum absolute atomic E-state index is 13.9. The van der Waals surface area contributed by atoms with Gasteiger partial charge in [0.1, 0.15) is 23.0 Å². The Labute approximate surface area is 266 Å². The molecule has 2 aliphatic rings. The van der Waals surface area contributed by atoms with Crippen LogP contribution in [-0.2, 0) is 25.4 Å². The van der Waals surface area contributed by atoms with Crippen LogP contribution in [0.3, 0.4) is 0 Å². The first kappa shape index (κ1) is 29.8. The Kier molecular flexibility index (Phi) is 7.88. The number of methoxy groups -OCH3 is 1. The smallest absolute Gasteiger partial charge is 0.461 e. The first-order chi connectivity index (χ1) is 22.3. The van der Waals surface area contributed by atoms with Gasteiger partial charge in [-0.1, -0.05) is 66.7 Å². The lowest BCUT2D eigenvalue weighted by molar-refractivity contribution is -0.282. The Hall–Kier alpha value is -4.86. The van der Waals surface area contributed by atoms with Crippen LogP contribution in [0, 0.1) is 0 Å². The molecule has 2 saturated heterocycles. The average Bonchev–Trinajstić information content (AvgIpc) is 3.63. The van der Waals surface area contributed by atoms with Gasteiger partial charge in [0, 0.05) is 30.0 Å². The molecule has 3 heterocycles. The molecule has 9 nitrogen and oxygen atoms in total. The first-order valence-corrected chi connectivity index (χ1v) is 15.4. The van der Waals surface area contributed by atoms with Gasteiger partial charge in [-0.3, -0.25) is 4.79 Å². The van der Waals surface area contributed by atoms with Crippen molar-refractivity contribution in [2.75, 3.05) is 13.7 Å². The maximum atomic E-state index is 13.9. The summed E-state index contributed by atoms with van der Waals surface area (Å²) in [4.78, 5) is 26.0. The molecule has 9 heteroatoms. The van der Waals surface area contributed by atoms with Gasteiger partial charge in [0.25, 0.3) is 5.91 Å². The van der Waals surface area contributed by atoms with Crippen LogP contribution in [0.4, 0.5) is 4.79 Å². The number of rotatable bonds is 9. The minimum Gasteiger partial charge on any atom is -0.461 e. The summed E-state index contributed by atoms with van der Waals surface area (Å²) in [7, 11) is 1.53. The molecule has 2 fully saturated rings. The van der Waals surface area contributed by atoms with E-state index >= 15 is 0 Å². The van der Waals surface area contributed by atoms with Crippen LogP contribution >= 0.6 is 0 Å². The fraction of sp³-hybridized carbons (Fsp3) is 0.297. The molecule has 7 rings (SSSR count). The van der Waals surface area contributed by atoms with Crippen LogP contribution in [0.1, 0.15) is 36.2 Å². The molecule has 0 bridgehead atoms. The molecule has 0 aliphatic carbocycles. The zero-order valence-electron chi connectivity index (χ0n) is 25.9. The van der Waals surface area contributed by atoms with Crippen molar-refractivity contribution in [2.45, 2.75) is 56.9 Å². The average molecular weight is 622 g/mol. The molecule has 0 saturated carbocycles. The molecule has 1 aromatic heterocycles. The van der Waals surface area contributed by atoms with Gasteiger partial charge < -0.3 is 33.4 Å². The predicted molar refractivity (Wildman–Crippen MR) is 172 cm³/mol. The number of aryl methyl sites for hydroxylation is 1. The summed E-state index contributed by atoms with van der Waals surface area (Å²) in [6.07, 6.45) is -2.32. The number of hydrogen-bond acceptors (Lipinski definition) is 8. The van der Waals surface area contributed by atoms with Gasteiger partial charge in [0.2, 0.25) is 12.4 Å². The van der Waals surface area contributed by atoms with Crippen molar-refractivity contribution in [1.29, 1.82) is 0 Å². The molecule has 1 amide bonds. The van der Waals surface area contributed by atoms with E-state index in [1.807, 2.05) is 80.6 Å². The van der Waals surface area contributed by atoms with Gasteiger partial charge in [-0.2, -0.15) is 0 Å². The van der Waals surface area contributed by atoms with Crippen molar-refractivity contribution in [3.63, 3.8) is 0 Å². The Balaban J connectivity index is 1.22. The van der Waals surface area contributed by atoms with Crippen LogP contribution in [0.5, 0.6) is 5.75 Å². The number of ether oxygens (including phenoxy) is 5. The Morgan fingerprint density at radius 1 is 0.870 bits per heavy atom. The number of benzene rings is 4. The first-order valence-electron chi connectivity index (χ1n) is 15.4. The van der Waals surface area contributed by atoms with Gasteiger partial charge in [-0.05, 0) is 62.1 Å². The van der Waals surface area contributed by atoms with E-state index in [9.17, 15) is 9.59 Å². The molecule has 4 aromatic carbocycles. The highest BCUT2D eigenvalue weighted by Crippen LogP contribution is 2.41. The van der Waals surface area contributed by atoms with Crippen molar-refractivity contribution < 1.29 is 37.7 Å². The van der Waals surface area contributed by atoms with Crippen LogP contribution in [0.15, 0.2) is 95.4 Å². The number of carbonyl (C=O) groups is 2. The van der Waals surface area contributed by atoms with Crippen LogP contribution in [0.25, 0.3) is 33.1 Å². The second kappa shape index (κ2) is 12.2. The molecule has 0 radical (unpaired) electrons. The zero-order valence-corrected chi connectivity index (χ0v) is 25.9. The molecule has 0 spiro atoms. The monoisotopic (exact) mass is 621 g/mol. The van der Waals surface area contributed by atoms with Gasteiger partial charge >= 0.3 is 6.16 Å². The second-order valence-corrected chi connectivity index (χ2v) is 12.1. The van der Waals surface area contributed by atoms with E-state index in [1.54, 1.807) is 12.1 Å². The van der Waals surface area contributed by atoms with Crippen LogP contribution < -0.4 is 10.1 Å². The molecule has 1 N–H and O–H groups in total. The van der Waals surface area contributed by atoms with Gasteiger partial charge in [0.05, 0.1) is 11.2 Å². The number of fused-ring (bicyclic) bond motifs is 4. The van der Waals surface area contributed by atoms with Crippen molar-refractivity contribution in [3.8, 4) is 16.9 Å². The number of amides is 1. The predicted octanol–water partition coefficient (Wildman–Crippen LogP) is 7.05. The summed E-state index contributed by atoms with van der Waals surface area (Å²) in [6, 6.07) is 29.3. The third kappa shape index (κ3) is 5.57. The number of para-hydroxylation sites is 2. The summed E-state index contributed by atoms with van der Waals surface area (Å²) < 4.78 is 35.4. The lowest BCUT2D eigenvalue weighted by Crippen LogP contribution is -2.62. The largest absolute Gasteiger partial charge is 0.509 e. The van der Waals surface area contributed by atoms with E-state index < -0.39 is 36.4 Å². The molecular formula is C37H35NO8. The highest BCUT2D eigenvalue weighted by atomic mass is 16.8. The summed E-state index contributed by atoms with van der Waals surface area (Å²) in [5.74, 6) is 0.118. The lowest BCUT2D eigenvalue weighted by atomic mass is 9.89. The number of hydrogen-bond donors (Lipinski definition) is 1. The van der Waals surface area contributed by atoms with E-state index in [0.717, 1.165) is 34.8 Å². The molecule has 2 aliphatic heterocycles. The van der Waals surface area contributed by atoms with Crippen molar-refractivity contribution in [2.24, 2.45) is 0 Å². The zero-order chi connectivity index (χ0) is 31.8. The number of furan rings is 1. The Morgan fingerprint density at radius 2 is 1.63 bits per heavy atom. The molecule has 46 heavy (non-hydrogen) atoms.